The van der Waals surface area contributed by atoms with Crippen molar-refractivity contribution in [2.45, 2.75) is 50.8 Å². The second-order valence-electron chi connectivity index (χ2n) is 4.53. The van der Waals surface area contributed by atoms with Crippen LogP contribution in [0.2, 0.25) is 0 Å². The SMILES string of the molecule is OC1CCCCC1CNCCCC(F)(F)F. The number of hydrogen-bond donors (Lipinski definition) is 2. The Morgan fingerprint density at radius 2 is 1.88 bits per heavy atom. The molecule has 0 bridgehead atoms. The van der Waals surface area contributed by atoms with Crippen molar-refractivity contribution in [1.82, 2.24) is 5.32 Å². The lowest BCUT2D eigenvalue weighted by molar-refractivity contribution is -0.135. The van der Waals surface area contributed by atoms with Crippen LogP contribution in [0.25, 0.3) is 0 Å². The molecule has 2 nitrogen and oxygen atoms in total. The molecule has 16 heavy (non-hydrogen) atoms. The monoisotopic (exact) mass is 239 g/mol. The van der Waals surface area contributed by atoms with E-state index in [9.17, 15) is 18.3 Å². The van der Waals surface area contributed by atoms with Crippen LogP contribution in [-0.2, 0) is 0 Å². The number of nitrogens with one attached hydrogen (secondary N) is 1. The fraction of sp³-hybridized carbons (Fsp3) is 1.00. The normalized spacial score (nSPS) is 27.0. The van der Waals surface area contributed by atoms with E-state index in [0.29, 0.717) is 13.1 Å². The van der Waals surface area contributed by atoms with E-state index in [2.05, 4.69) is 5.32 Å². The van der Waals surface area contributed by atoms with Gasteiger partial charge in [-0.05, 0) is 31.7 Å². The Morgan fingerprint density at radius 1 is 1.19 bits per heavy atom. The molecule has 1 fully saturated rings. The Morgan fingerprint density at radius 3 is 2.50 bits per heavy atom. The molecule has 1 rings (SSSR count). The lowest BCUT2D eigenvalue weighted by Gasteiger charge is -2.27. The van der Waals surface area contributed by atoms with Crippen molar-refractivity contribution in [2.24, 2.45) is 5.92 Å². The molecule has 0 aromatic heterocycles. The van der Waals surface area contributed by atoms with Crippen LogP contribution in [0.5, 0.6) is 0 Å². The van der Waals surface area contributed by atoms with Crippen LogP contribution >= 0.6 is 0 Å². The van der Waals surface area contributed by atoms with Crippen molar-refractivity contribution < 1.29 is 18.3 Å². The van der Waals surface area contributed by atoms with E-state index in [1.807, 2.05) is 0 Å². The quantitative estimate of drug-likeness (QED) is 0.722. The van der Waals surface area contributed by atoms with E-state index in [-0.39, 0.29) is 18.4 Å². The summed E-state index contributed by atoms with van der Waals surface area (Å²) in [4.78, 5) is 0. The average molecular weight is 239 g/mol. The number of rotatable bonds is 5. The highest BCUT2D eigenvalue weighted by atomic mass is 19.4. The molecule has 2 N–H and O–H groups in total. The Balaban J connectivity index is 2.02. The third kappa shape index (κ3) is 5.70. The fourth-order valence-electron chi connectivity index (χ4n) is 2.13. The van der Waals surface area contributed by atoms with Gasteiger partial charge in [0.25, 0.3) is 0 Å². The summed E-state index contributed by atoms with van der Waals surface area (Å²) >= 11 is 0. The fourth-order valence-corrected chi connectivity index (χ4v) is 2.13. The second kappa shape index (κ2) is 6.45. The zero-order chi connectivity index (χ0) is 12.0. The van der Waals surface area contributed by atoms with Crippen LogP contribution in [-0.4, -0.2) is 30.5 Å². The van der Waals surface area contributed by atoms with Crippen molar-refractivity contribution >= 4 is 0 Å². The van der Waals surface area contributed by atoms with Gasteiger partial charge in [0.2, 0.25) is 0 Å². The zero-order valence-electron chi connectivity index (χ0n) is 9.39. The molecule has 96 valence electrons. The first-order valence-corrected chi connectivity index (χ1v) is 5.94. The van der Waals surface area contributed by atoms with Crippen LogP contribution in [0, 0.1) is 5.92 Å². The lowest BCUT2D eigenvalue weighted by atomic mass is 9.86. The third-order valence-corrected chi connectivity index (χ3v) is 3.09. The molecule has 0 spiro atoms. The Bertz CT molecular complexity index is 196. The van der Waals surface area contributed by atoms with E-state index in [1.54, 1.807) is 0 Å². The highest BCUT2D eigenvalue weighted by molar-refractivity contribution is 4.76. The molecule has 0 heterocycles. The number of halogens is 3. The van der Waals surface area contributed by atoms with Gasteiger partial charge in [-0.1, -0.05) is 12.8 Å². The van der Waals surface area contributed by atoms with Crippen molar-refractivity contribution in [3.05, 3.63) is 0 Å². The minimum atomic E-state index is -4.05. The van der Waals surface area contributed by atoms with E-state index in [0.717, 1.165) is 25.7 Å². The van der Waals surface area contributed by atoms with E-state index < -0.39 is 12.6 Å². The van der Waals surface area contributed by atoms with Crippen molar-refractivity contribution in [3.63, 3.8) is 0 Å². The molecular formula is C11H20F3NO. The molecule has 0 aromatic carbocycles. The van der Waals surface area contributed by atoms with Crippen molar-refractivity contribution in [2.75, 3.05) is 13.1 Å². The molecule has 0 saturated heterocycles. The van der Waals surface area contributed by atoms with Crippen molar-refractivity contribution in [1.29, 1.82) is 0 Å². The number of alkyl halides is 3. The molecule has 0 amide bonds. The first-order valence-electron chi connectivity index (χ1n) is 5.94. The van der Waals surface area contributed by atoms with Gasteiger partial charge in [0.15, 0.2) is 0 Å². The third-order valence-electron chi connectivity index (χ3n) is 3.09. The summed E-state index contributed by atoms with van der Waals surface area (Å²) in [7, 11) is 0. The molecule has 5 heteroatoms. The molecule has 2 unspecified atom stereocenters. The summed E-state index contributed by atoms with van der Waals surface area (Å²) in [6, 6.07) is 0. The van der Waals surface area contributed by atoms with Crippen LogP contribution in [0.4, 0.5) is 13.2 Å². The first-order chi connectivity index (χ1) is 7.49. The standard InChI is InChI=1S/C11H20F3NO/c12-11(13,14)6-3-7-15-8-9-4-1-2-5-10(9)16/h9-10,15-16H,1-8H2. The molecule has 2 atom stereocenters. The summed E-state index contributed by atoms with van der Waals surface area (Å²) < 4.78 is 35.5. The van der Waals surface area contributed by atoms with E-state index in [4.69, 9.17) is 0 Å². The van der Waals surface area contributed by atoms with Gasteiger partial charge in [0.05, 0.1) is 6.10 Å². The molecule has 1 aliphatic rings. The minimum absolute atomic E-state index is 0.117. The Hall–Kier alpha value is -0.290. The molecular weight excluding hydrogens is 219 g/mol. The van der Waals surface area contributed by atoms with Gasteiger partial charge in [-0.2, -0.15) is 13.2 Å². The Kier molecular flexibility index (Phi) is 5.55. The Labute approximate surface area is 94.2 Å². The van der Waals surface area contributed by atoms with E-state index in [1.165, 1.54) is 0 Å². The van der Waals surface area contributed by atoms with Gasteiger partial charge in [0, 0.05) is 13.0 Å². The average Bonchev–Trinajstić information content (AvgIpc) is 2.18. The van der Waals surface area contributed by atoms with Gasteiger partial charge < -0.3 is 10.4 Å². The molecule has 0 radical (unpaired) electrons. The van der Waals surface area contributed by atoms with Crippen LogP contribution in [0.1, 0.15) is 38.5 Å². The van der Waals surface area contributed by atoms with Gasteiger partial charge in [-0.15, -0.1) is 0 Å². The van der Waals surface area contributed by atoms with Gasteiger partial charge in [0.1, 0.15) is 0 Å². The van der Waals surface area contributed by atoms with Gasteiger partial charge >= 0.3 is 6.18 Å². The lowest BCUT2D eigenvalue weighted by Crippen LogP contribution is -2.34. The topological polar surface area (TPSA) is 32.3 Å². The summed E-state index contributed by atoms with van der Waals surface area (Å²) in [6.45, 7) is 1.02. The largest absolute Gasteiger partial charge is 0.393 e. The maximum atomic E-state index is 11.8. The smallest absolute Gasteiger partial charge is 0.389 e. The molecule has 1 aliphatic carbocycles. The van der Waals surface area contributed by atoms with Crippen LogP contribution in [0.15, 0.2) is 0 Å². The van der Waals surface area contributed by atoms with Gasteiger partial charge in [-0.25, -0.2) is 0 Å². The minimum Gasteiger partial charge on any atom is -0.393 e. The van der Waals surface area contributed by atoms with E-state index >= 15 is 0 Å². The predicted octanol–water partition coefficient (Wildman–Crippen LogP) is 2.47. The highest BCUT2D eigenvalue weighted by Crippen LogP contribution is 2.24. The molecule has 0 aliphatic heterocycles. The molecule has 1 saturated carbocycles. The number of hydrogen-bond acceptors (Lipinski definition) is 2. The zero-order valence-corrected chi connectivity index (χ0v) is 9.39. The molecule has 0 aromatic rings. The van der Waals surface area contributed by atoms with Crippen molar-refractivity contribution in [3.8, 4) is 0 Å². The summed E-state index contributed by atoms with van der Waals surface area (Å²) in [5.74, 6) is 0.222. The van der Waals surface area contributed by atoms with Gasteiger partial charge in [-0.3, -0.25) is 0 Å². The van der Waals surface area contributed by atoms with Crippen LogP contribution < -0.4 is 5.32 Å². The first kappa shape index (κ1) is 13.8. The summed E-state index contributed by atoms with van der Waals surface area (Å²) in [5.41, 5.74) is 0. The number of aliphatic hydroxyl groups excluding tert-OH is 1. The van der Waals surface area contributed by atoms with Crippen LogP contribution in [0.3, 0.4) is 0 Å². The maximum Gasteiger partial charge on any atom is 0.389 e. The summed E-state index contributed by atoms with van der Waals surface area (Å²) in [6.07, 6.45) is -0.949. The summed E-state index contributed by atoms with van der Waals surface area (Å²) in [5, 5.41) is 12.6. The predicted molar refractivity (Wildman–Crippen MR) is 56.1 cm³/mol. The maximum absolute atomic E-state index is 11.8. The highest BCUT2D eigenvalue weighted by Gasteiger charge is 2.26. The second-order valence-corrected chi connectivity index (χ2v) is 4.53. The number of aliphatic hydroxyl groups is 1.